The molecule has 7 nitrogen and oxygen atoms in total. The predicted octanol–water partition coefficient (Wildman–Crippen LogP) is 1.88. The summed E-state index contributed by atoms with van der Waals surface area (Å²) in [6.45, 7) is 5.75. The first kappa shape index (κ1) is 20.5. The van der Waals surface area contributed by atoms with Gasteiger partial charge in [-0.25, -0.2) is 0 Å². The van der Waals surface area contributed by atoms with E-state index in [4.69, 9.17) is 9.84 Å². The van der Waals surface area contributed by atoms with Crippen molar-refractivity contribution < 1.29 is 24.2 Å². The van der Waals surface area contributed by atoms with E-state index in [1.54, 1.807) is 13.0 Å². The number of ether oxygens (including phenoxy) is 1. The minimum atomic E-state index is -0.900. The van der Waals surface area contributed by atoms with Crippen molar-refractivity contribution in [3.63, 3.8) is 0 Å². The maximum atomic E-state index is 12.2. The van der Waals surface area contributed by atoms with E-state index in [0.29, 0.717) is 12.4 Å². The van der Waals surface area contributed by atoms with Crippen LogP contribution in [0.5, 0.6) is 5.75 Å². The molecule has 2 unspecified atom stereocenters. The molecule has 0 saturated heterocycles. The summed E-state index contributed by atoms with van der Waals surface area (Å²) < 4.78 is 5.57. The smallest absolute Gasteiger partial charge is 0.303 e. The molecule has 0 fully saturated rings. The third kappa shape index (κ3) is 7.69. The quantitative estimate of drug-likeness (QED) is 0.597. The second kappa shape index (κ2) is 10.3. The van der Waals surface area contributed by atoms with Crippen LogP contribution in [0.1, 0.15) is 45.2 Å². The Hall–Kier alpha value is -2.57. The van der Waals surface area contributed by atoms with Crippen LogP contribution in [0.4, 0.5) is 0 Å². The van der Waals surface area contributed by atoms with E-state index in [9.17, 15) is 14.4 Å². The summed E-state index contributed by atoms with van der Waals surface area (Å²) in [5.74, 6) is -0.957. The zero-order valence-electron chi connectivity index (χ0n) is 14.9. The second-order valence-electron chi connectivity index (χ2n) is 5.94. The number of carbonyl (C=O) groups excluding carboxylic acids is 2. The maximum absolute atomic E-state index is 12.2. The Bertz CT molecular complexity index is 603. The van der Waals surface area contributed by atoms with Crippen LogP contribution in [0.25, 0.3) is 0 Å². The van der Waals surface area contributed by atoms with E-state index in [1.165, 1.54) is 6.92 Å². The number of hydrogen-bond acceptors (Lipinski definition) is 4. The molecule has 1 aromatic rings. The first-order valence-corrected chi connectivity index (χ1v) is 8.30. The van der Waals surface area contributed by atoms with E-state index in [1.807, 2.05) is 25.1 Å². The highest BCUT2D eigenvalue weighted by atomic mass is 16.5. The summed E-state index contributed by atoms with van der Waals surface area (Å²) in [5.41, 5.74) is 0.730. The number of amides is 2. The normalized spacial score (nSPS) is 12.8. The molecule has 0 radical (unpaired) electrons. The van der Waals surface area contributed by atoms with Crippen LogP contribution in [0.3, 0.4) is 0 Å². The van der Waals surface area contributed by atoms with E-state index in [2.05, 4.69) is 10.6 Å². The average Bonchev–Trinajstić information content (AvgIpc) is 2.52. The lowest BCUT2D eigenvalue weighted by molar-refractivity contribution is -0.138. The Kier molecular flexibility index (Phi) is 8.46. The fourth-order valence-electron chi connectivity index (χ4n) is 2.46. The molecule has 7 heteroatoms. The maximum Gasteiger partial charge on any atom is 0.303 e. The minimum Gasteiger partial charge on any atom is -0.494 e. The predicted molar refractivity (Wildman–Crippen MR) is 93.2 cm³/mol. The van der Waals surface area contributed by atoms with Gasteiger partial charge in [0.2, 0.25) is 11.8 Å². The highest BCUT2D eigenvalue weighted by Crippen LogP contribution is 2.27. The van der Waals surface area contributed by atoms with Crippen LogP contribution in [0.15, 0.2) is 24.3 Å². The Balaban J connectivity index is 2.78. The summed E-state index contributed by atoms with van der Waals surface area (Å²) in [6.07, 6.45) is 0.0338. The molecule has 2 atom stereocenters. The van der Waals surface area contributed by atoms with Crippen molar-refractivity contribution in [3.05, 3.63) is 29.8 Å². The zero-order chi connectivity index (χ0) is 18.8. The first-order valence-electron chi connectivity index (χ1n) is 8.30. The summed E-state index contributed by atoms with van der Waals surface area (Å²) in [5, 5.41) is 14.2. The molecule has 0 aliphatic carbocycles. The molecule has 2 amide bonds. The fourth-order valence-corrected chi connectivity index (χ4v) is 2.46. The molecular weight excluding hydrogens is 324 g/mol. The summed E-state index contributed by atoms with van der Waals surface area (Å²) >= 11 is 0. The van der Waals surface area contributed by atoms with Crippen LogP contribution < -0.4 is 15.4 Å². The first-order chi connectivity index (χ1) is 11.8. The standard InChI is InChI=1S/C18H26N2O5/c1-4-25-16-8-6-5-7-14(16)15(20-13(3)21)10-17(22)19-11-12(2)9-18(23)24/h5-8,12,15H,4,9-11H2,1-3H3,(H,19,22)(H,20,21)(H,23,24). The van der Waals surface area contributed by atoms with Gasteiger partial charge in [-0.1, -0.05) is 25.1 Å². The van der Waals surface area contributed by atoms with Crippen LogP contribution in [-0.4, -0.2) is 36.0 Å². The zero-order valence-corrected chi connectivity index (χ0v) is 14.9. The number of rotatable bonds is 10. The number of para-hydroxylation sites is 1. The lowest BCUT2D eigenvalue weighted by atomic mass is 10.0. The summed E-state index contributed by atoms with van der Waals surface area (Å²) in [7, 11) is 0. The van der Waals surface area contributed by atoms with Gasteiger partial charge in [0, 0.05) is 25.5 Å². The lowest BCUT2D eigenvalue weighted by Gasteiger charge is -2.21. The van der Waals surface area contributed by atoms with Gasteiger partial charge in [0.25, 0.3) is 0 Å². The molecule has 0 aromatic heterocycles. The molecule has 0 spiro atoms. The number of nitrogens with one attached hydrogen (secondary N) is 2. The molecule has 0 bridgehead atoms. The molecule has 0 aliphatic rings. The van der Waals surface area contributed by atoms with Crippen LogP contribution >= 0.6 is 0 Å². The van der Waals surface area contributed by atoms with Crippen LogP contribution in [0, 0.1) is 5.92 Å². The molecule has 0 heterocycles. The van der Waals surface area contributed by atoms with Gasteiger partial charge < -0.3 is 20.5 Å². The highest BCUT2D eigenvalue weighted by Gasteiger charge is 2.21. The van der Waals surface area contributed by atoms with E-state index < -0.39 is 12.0 Å². The number of hydrogen-bond donors (Lipinski definition) is 3. The Morgan fingerprint density at radius 1 is 1.20 bits per heavy atom. The number of aliphatic carboxylic acids is 1. The average molecular weight is 350 g/mol. The lowest BCUT2D eigenvalue weighted by Crippen LogP contribution is -2.34. The summed E-state index contributed by atoms with van der Waals surface area (Å²) in [4.78, 5) is 34.4. The van der Waals surface area contributed by atoms with Crippen molar-refractivity contribution in [1.82, 2.24) is 10.6 Å². The van der Waals surface area contributed by atoms with Gasteiger partial charge in [-0.15, -0.1) is 0 Å². The van der Waals surface area contributed by atoms with Crippen LogP contribution in [0.2, 0.25) is 0 Å². The second-order valence-corrected chi connectivity index (χ2v) is 5.94. The molecule has 1 aromatic carbocycles. The SMILES string of the molecule is CCOc1ccccc1C(CC(=O)NCC(C)CC(=O)O)NC(C)=O. The van der Waals surface area contributed by atoms with E-state index in [0.717, 1.165) is 5.56 Å². The van der Waals surface area contributed by atoms with Crippen molar-refractivity contribution in [2.45, 2.75) is 39.7 Å². The van der Waals surface area contributed by atoms with Crippen molar-refractivity contribution in [2.75, 3.05) is 13.2 Å². The molecule has 25 heavy (non-hydrogen) atoms. The fraction of sp³-hybridized carbons (Fsp3) is 0.500. The number of carboxylic acids is 1. The molecule has 0 aliphatic heterocycles. The van der Waals surface area contributed by atoms with Crippen molar-refractivity contribution in [1.29, 1.82) is 0 Å². The number of carbonyl (C=O) groups is 3. The van der Waals surface area contributed by atoms with Gasteiger partial charge in [0.05, 0.1) is 19.1 Å². The molecule has 3 N–H and O–H groups in total. The van der Waals surface area contributed by atoms with Gasteiger partial charge in [-0.2, -0.15) is 0 Å². The summed E-state index contributed by atoms with van der Waals surface area (Å²) in [6, 6.07) is 6.73. The van der Waals surface area contributed by atoms with Gasteiger partial charge in [-0.05, 0) is 18.9 Å². The Labute approximate surface area is 147 Å². The third-order valence-corrected chi connectivity index (χ3v) is 3.53. The Morgan fingerprint density at radius 3 is 2.48 bits per heavy atom. The third-order valence-electron chi connectivity index (χ3n) is 3.53. The van der Waals surface area contributed by atoms with Crippen molar-refractivity contribution in [3.8, 4) is 5.75 Å². The largest absolute Gasteiger partial charge is 0.494 e. The van der Waals surface area contributed by atoms with E-state index in [-0.39, 0.29) is 37.1 Å². The van der Waals surface area contributed by atoms with Crippen LogP contribution in [-0.2, 0) is 14.4 Å². The number of benzene rings is 1. The number of carboxylic acid groups (broad SMARTS) is 1. The molecule has 1 rings (SSSR count). The molecule has 0 saturated carbocycles. The minimum absolute atomic E-state index is 0.0113. The van der Waals surface area contributed by atoms with Gasteiger partial charge in [-0.3, -0.25) is 14.4 Å². The molecular formula is C18H26N2O5. The Morgan fingerprint density at radius 2 is 1.88 bits per heavy atom. The van der Waals surface area contributed by atoms with Gasteiger partial charge in [0.15, 0.2) is 0 Å². The van der Waals surface area contributed by atoms with Gasteiger partial charge >= 0.3 is 5.97 Å². The van der Waals surface area contributed by atoms with Crippen molar-refractivity contribution in [2.24, 2.45) is 5.92 Å². The monoisotopic (exact) mass is 350 g/mol. The van der Waals surface area contributed by atoms with Gasteiger partial charge in [0.1, 0.15) is 5.75 Å². The molecule has 138 valence electrons. The van der Waals surface area contributed by atoms with E-state index >= 15 is 0 Å². The van der Waals surface area contributed by atoms with Crippen molar-refractivity contribution >= 4 is 17.8 Å². The topological polar surface area (TPSA) is 105 Å². The highest BCUT2D eigenvalue weighted by molar-refractivity contribution is 5.79.